The van der Waals surface area contributed by atoms with Crippen molar-refractivity contribution in [2.75, 3.05) is 13.1 Å². The van der Waals surface area contributed by atoms with Crippen LogP contribution in [-0.4, -0.2) is 28.8 Å². The minimum Gasteiger partial charge on any atom is -0.338 e. The standard InChI is InChI=1S/C16H24N2O3/c1-4-6-11-17(12-7-5-2)16(19)14-10-8-9-13(3)15(14)18(20)21/h8-10H,4-7,11-12H2,1-3H3. The minimum atomic E-state index is -0.458. The van der Waals surface area contributed by atoms with Gasteiger partial charge in [-0.05, 0) is 25.8 Å². The maximum Gasteiger partial charge on any atom is 0.285 e. The van der Waals surface area contributed by atoms with Gasteiger partial charge in [-0.2, -0.15) is 0 Å². The number of amides is 1. The fourth-order valence-electron chi connectivity index (χ4n) is 2.26. The Morgan fingerprint density at radius 1 is 1.19 bits per heavy atom. The highest BCUT2D eigenvalue weighted by molar-refractivity contribution is 5.98. The third-order valence-electron chi connectivity index (χ3n) is 3.50. The Morgan fingerprint density at radius 2 is 1.76 bits per heavy atom. The average Bonchev–Trinajstić information content (AvgIpc) is 2.46. The van der Waals surface area contributed by atoms with E-state index in [-0.39, 0.29) is 17.2 Å². The molecule has 0 aromatic heterocycles. The summed E-state index contributed by atoms with van der Waals surface area (Å²) in [6, 6.07) is 4.92. The summed E-state index contributed by atoms with van der Waals surface area (Å²) in [5, 5.41) is 11.2. The highest BCUT2D eigenvalue weighted by atomic mass is 16.6. The van der Waals surface area contributed by atoms with Crippen molar-refractivity contribution in [3.63, 3.8) is 0 Å². The molecule has 0 fully saturated rings. The van der Waals surface area contributed by atoms with Crippen molar-refractivity contribution in [1.29, 1.82) is 0 Å². The number of hydrogen-bond acceptors (Lipinski definition) is 3. The average molecular weight is 292 g/mol. The van der Waals surface area contributed by atoms with E-state index in [1.807, 2.05) is 0 Å². The van der Waals surface area contributed by atoms with Gasteiger partial charge in [-0.1, -0.05) is 38.8 Å². The fraction of sp³-hybridized carbons (Fsp3) is 0.562. The van der Waals surface area contributed by atoms with Crippen LogP contribution in [0.3, 0.4) is 0 Å². The Bertz CT molecular complexity index is 492. The minimum absolute atomic E-state index is 0.0690. The molecule has 1 aromatic carbocycles. The quantitative estimate of drug-likeness (QED) is 0.538. The second-order valence-corrected chi connectivity index (χ2v) is 5.23. The molecule has 0 saturated heterocycles. The molecule has 1 aromatic rings. The topological polar surface area (TPSA) is 63.5 Å². The van der Waals surface area contributed by atoms with Crippen molar-refractivity contribution in [3.05, 3.63) is 39.4 Å². The van der Waals surface area contributed by atoms with Crippen molar-refractivity contribution in [1.82, 2.24) is 4.90 Å². The predicted octanol–water partition coefficient (Wildman–Crippen LogP) is 3.95. The number of nitro groups is 1. The third-order valence-corrected chi connectivity index (χ3v) is 3.50. The van der Waals surface area contributed by atoms with E-state index in [4.69, 9.17) is 0 Å². The van der Waals surface area contributed by atoms with Gasteiger partial charge in [-0.3, -0.25) is 14.9 Å². The second-order valence-electron chi connectivity index (χ2n) is 5.23. The molecule has 1 rings (SSSR count). The first kappa shape index (κ1) is 17.1. The molecule has 0 heterocycles. The molecule has 0 aliphatic rings. The van der Waals surface area contributed by atoms with Gasteiger partial charge >= 0.3 is 0 Å². The Kier molecular flexibility index (Phi) is 6.85. The number of aryl methyl sites for hydroxylation is 1. The van der Waals surface area contributed by atoms with Crippen LogP contribution in [0.5, 0.6) is 0 Å². The molecule has 21 heavy (non-hydrogen) atoms. The smallest absolute Gasteiger partial charge is 0.285 e. The van der Waals surface area contributed by atoms with Gasteiger partial charge in [0.05, 0.1) is 4.92 Å². The summed E-state index contributed by atoms with van der Waals surface area (Å²) in [6.45, 7) is 7.10. The molecule has 0 aliphatic heterocycles. The number of hydrogen-bond donors (Lipinski definition) is 0. The molecule has 0 aliphatic carbocycles. The van der Waals surface area contributed by atoms with Gasteiger partial charge in [0.1, 0.15) is 5.56 Å². The third kappa shape index (κ3) is 4.55. The second kappa shape index (κ2) is 8.39. The summed E-state index contributed by atoms with van der Waals surface area (Å²) in [5.41, 5.74) is 0.657. The Hall–Kier alpha value is -1.91. The number of unbranched alkanes of at least 4 members (excludes halogenated alkanes) is 2. The van der Waals surface area contributed by atoms with Crippen LogP contribution >= 0.6 is 0 Å². The molecule has 1 amide bonds. The van der Waals surface area contributed by atoms with E-state index >= 15 is 0 Å². The van der Waals surface area contributed by atoms with Crippen molar-refractivity contribution in [2.45, 2.75) is 46.5 Å². The summed E-state index contributed by atoms with van der Waals surface area (Å²) in [6.07, 6.45) is 3.81. The van der Waals surface area contributed by atoms with Crippen molar-refractivity contribution in [3.8, 4) is 0 Å². The zero-order chi connectivity index (χ0) is 15.8. The molecule has 116 valence electrons. The van der Waals surface area contributed by atoms with Gasteiger partial charge in [0.2, 0.25) is 0 Å². The van der Waals surface area contributed by atoms with Gasteiger partial charge in [0, 0.05) is 18.7 Å². The SMILES string of the molecule is CCCCN(CCCC)C(=O)c1cccc(C)c1[N+](=O)[O-]. The number of carbonyl (C=O) groups excluding carboxylic acids is 1. The molecule has 5 heteroatoms. The lowest BCUT2D eigenvalue weighted by Gasteiger charge is -2.22. The van der Waals surface area contributed by atoms with Crippen LogP contribution < -0.4 is 0 Å². The lowest BCUT2D eigenvalue weighted by atomic mass is 10.1. The molecule has 0 saturated carbocycles. The van der Waals surface area contributed by atoms with Crippen molar-refractivity contribution < 1.29 is 9.72 Å². The number of carbonyl (C=O) groups is 1. The zero-order valence-corrected chi connectivity index (χ0v) is 13.1. The number of benzene rings is 1. The van der Waals surface area contributed by atoms with E-state index in [1.54, 1.807) is 30.0 Å². The normalized spacial score (nSPS) is 10.4. The van der Waals surface area contributed by atoms with Crippen molar-refractivity contribution >= 4 is 11.6 Å². The van der Waals surface area contributed by atoms with E-state index in [1.165, 1.54) is 0 Å². The van der Waals surface area contributed by atoms with Crippen LogP contribution in [0.4, 0.5) is 5.69 Å². The fourth-order valence-corrected chi connectivity index (χ4v) is 2.26. The summed E-state index contributed by atoms with van der Waals surface area (Å²) in [5.74, 6) is -0.229. The molecule has 0 spiro atoms. The molecule has 0 radical (unpaired) electrons. The lowest BCUT2D eigenvalue weighted by Crippen LogP contribution is -2.33. The molecular formula is C16H24N2O3. The lowest BCUT2D eigenvalue weighted by molar-refractivity contribution is -0.385. The Morgan fingerprint density at radius 3 is 2.24 bits per heavy atom. The maximum absolute atomic E-state index is 12.7. The van der Waals surface area contributed by atoms with E-state index in [0.29, 0.717) is 18.7 Å². The highest BCUT2D eigenvalue weighted by Gasteiger charge is 2.25. The highest BCUT2D eigenvalue weighted by Crippen LogP contribution is 2.24. The van der Waals surface area contributed by atoms with E-state index in [9.17, 15) is 14.9 Å². The summed E-state index contributed by atoms with van der Waals surface area (Å²) in [4.78, 5) is 25.2. The van der Waals surface area contributed by atoms with Crippen LogP contribution in [0.1, 0.15) is 55.5 Å². The molecule has 0 atom stereocenters. The number of nitrogens with zero attached hydrogens (tertiary/aromatic N) is 2. The van der Waals surface area contributed by atoms with Crippen LogP contribution in [0.2, 0.25) is 0 Å². The van der Waals surface area contributed by atoms with Crippen LogP contribution in [0.25, 0.3) is 0 Å². The van der Waals surface area contributed by atoms with E-state index in [0.717, 1.165) is 25.7 Å². The first-order valence-electron chi connectivity index (χ1n) is 7.56. The van der Waals surface area contributed by atoms with Crippen LogP contribution in [0, 0.1) is 17.0 Å². The van der Waals surface area contributed by atoms with Gasteiger partial charge in [0.15, 0.2) is 0 Å². The summed E-state index contributed by atoms with van der Waals surface area (Å²) < 4.78 is 0. The maximum atomic E-state index is 12.7. The molecule has 5 nitrogen and oxygen atoms in total. The summed E-state index contributed by atoms with van der Waals surface area (Å²) in [7, 11) is 0. The van der Waals surface area contributed by atoms with Crippen LogP contribution in [0.15, 0.2) is 18.2 Å². The number of para-hydroxylation sites is 1. The van der Waals surface area contributed by atoms with Gasteiger partial charge in [-0.25, -0.2) is 0 Å². The first-order valence-corrected chi connectivity index (χ1v) is 7.56. The molecule has 0 bridgehead atoms. The monoisotopic (exact) mass is 292 g/mol. The van der Waals surface area contributed by atoms with Gasteiger partial charge in [-0.15, -0.1) is 0 Å². The summed E-state index contributed by atoms with van der Waals surface area (Å²) >= 11 is 0. The molecule has 0 unspecified atom stereocenters. The molecular weight excluding hydrogens is 268 g/mol. The largest absolute Gasteiger partial charge is 0.338 e. The van der Waals surface area contributed by atoms with Gasteiger partial charge < -0.3 is 4.90 Å². The molecule has 0 N–H and O–H groups in total. The Balaban J connectivity index is 3.07. The van der Waals surface area contributed by atoms with E-state index < -0.39 is 4.92 Å². The van der Waals surface area contributed by atoms with Crippen molar-refractivity contribution in [2.24, 2.45) is 0 Å². The van der Waals surface area contributed by atoms with E-state index in [2.05, 4.69) is 13.8 Å². The predicted molar refractivity (Wildman–Crippen MR) is 83.6 cm³/mol. The zero-order valence-electron chi connectivity index (χ0n) is 13.1. The van der Waals surface area contributed by atoms with Crippen LogP contribution in [-0.2, 0) is 0 Å². The number of rotatable bonds is 8. The first-order chi connectivity index (χ1) is 10.0. The Labute approximate surface area is 126 Å². The van der Waals surface area contributed by atoms with Gasteiger partial charge in [0.25, 0.3) is 11.6 Å². The number of nitro benzene ring substituents is 1.